The van der Waals surface area contributed by atoms with Gasteiger partial charge in [-0.05, 0) is 30.2 Å². The van der Waals surface area contributed by atoms with Crippen LogP contribution in [0.3, 0.4) is 0 Å². The first kappa shape index (κ1) is 14.0. The summed E-state index contributed by atoms with van der Waals surface area (Å²) in [7, 11) is 0. The molecule has 0 fully saturated rings. The van der Waals surface area contributed by atoms with Crippen molar-refractivity contribution in [1.29, 1.82) is 0 Å². The second kappa shape index (κ2) is 6.17. The van der Waals surface area contributed by atoms with Crippen LogP contribution >= 0.6 is 0 Å². The Labute approximate surface area is 113 Å². The monoisotopic (exact) mass is 263 g/mol. The summed E-state index contributed by atoms with van der Waals surface area (Å²) in [6, 6.07) is 5.87. The lowest BCUT2D eigenvalue weighted by Gasteiger charge is -2.15. The number of ether oxygens (including phenoxy) is 1. The number of carbonyl (C=O) groups excluding carboxylic acids is 1. The fourth-order valence-electron chi connectivity index (χ4n) is 2.14. The number of hydrogen-bond donors (Lipinski definition) is 2. The van der Waals surface area contributed by atoms with Crippen LogP contribution in [0.15, 0.2) is 18.2 Å². The Hall–Kier alpha value is -1.39. The number of benzene rings is 1. The van der Waals surface area contributed by atoms with E-state index in [1.165, 1.54) is 0 Å². The first-order chi connectivity index (χ1) is 9.06. The summed E-state index contributed by atoms with van der Waals surface area (Å²) in [5.41, 5.74) is 1.87. The fourth-order valence-corrected chi connectivity index (χ4v) is 2.14. The van der Waals surface area contributed by atoms with Gasteiger partial charge in [-0.15, -0.1) is 0 Å². The first-order valence-electron chi connectivity index (χ1n) is 6.76. The van der Waals surface area contributed by atoms with Crippen LogP contribution in [0.4, 0.5) is 0 Å². The highest BCUT2D eigenvalue weighted by Gasteiger charge is 2.19. The largest absolute Gasteiger partial charge is 0.491 e. The zero-order chi connectivity index (χ0) is 13.8. The molecule has 0 heterocycles. The van der Waals surface area contributed by atoms with Crippen LogP contribution in [0.1, 0.15) is 36.2 Å². The number of aryl methyl sites for hydroxylation is 1. The number of aliphatic hydroxyl groups excluding tert-OH is 1. The Morgan fingerprint density at radius 1 is 1.37 bits per heavy atom. The number of rotatable bonds is 6. The molecule has 104 valence electrons. The molecule has 1 atom stereocenters. The maximum atomic E-state index is 11.5. The highest BCUT2D eigenvalue weighted by molar-refractivity contribution is 6.00. The molecular weight excluding hydrogens is 242 g/mol. The van der Waals surface area contributed by atoms with E-state index in [1.54, 1.807) is 6.07 Å². The molecule has 1 aliphatic rings. The van der Waals surface area contributed by atoms with Crippen molar-refractivity contribution in [3.63, 3.8) is 0 Å². The van der Waals surface area contributed by atoms with Gasteiger partial charge in [0.2, 0.25) is 0 Å². The van der Waals surface area contributed by atoms with Crippen molar-refractivity contribution in [3.05, 3.63) is 29.3 Å². The SMILES string of the molecule is CC(C)NCC(O)COc1ccc2c(c1)CCC2=O. The molecule has 0 spiro atoms. The van der Waals surface area contributed by atoms with E-state index in [4.69, 9.17) is 4.74 Å². The summed E-state index contributed by atoms with van der Waals surface area (Å²) in [6.07, 6.45) is 0.861. The molecule has 0 aliphatic heterocycles. The summed E-state index contributed by atoms with van der Waals surface area (Å²) >= 11 is 0. The first-order valence-corrected chi connectivity index (χ1v) is 6.76. The quantitative estimate of drug-likeness (QED) is 0.817. The Balaban J connectivity index is 1.85. The Morgan fingerprint density at radius 3 is 2.89 bits per heavy atom. The molecule has 1 aliphatic carbocycles. The van der Waals surface area contributed by atoms with Crippen molar-refractivity contribution in [3.8, 4) is 5.75 Å². The average Bonchev–Trinajstić information content (AvgIpc) is 2.75. The zero-order valence-corrected chi connectivity index (χ0v) is 11.5. The van der Waals surface area contributed by atoms with Gasteiger partial charge in [0.1, 0.15) is 18.5 Å². The predicted octanol–water partition coefficient (Wildman–Crippen LogP) is 1.55. The number of Topliss-reactive ketones (excluding diaryl/α,β-unsaturated/α-hetero) is 1. The summed E-state index contributed by atoms with van der Waals surface area (Å²) in [6.45, 7) is 4.84. The maximum Gasteiger partial charge on any atom is 0.163 e. The minimum atomic E-state index is -0.530. The number of hydrogen-bond acceptors (Lipinski definition) is 4. The van der Waals surface area contributed by atoms with Crippen molar-refractivity contribution in [2.24, 2.45) is 0 Å². The summed E-state index contributed by atoms with van der Waals surface area (Å²) in [4.78, 5) is 11.5. The molecule has 0 radical (unpaired) electrons. The van der Waals surface area contributed by atoms with E-state index in [9.17, 15) is 9.90 Å². The normalized spacial score (nSPS) is 15.7. The Morgan fingerprint density at radius 2 is 2.16 bits per heavy atom. The molecule has 2 N–H and O–H groups in total. The third kappa shape index (κ3) is 3.78. The molecule has 19 heavy (non-hydrogen) atoms. The van der Waals surface area contributed by atoms with Gasteiger partial charge in [-0.1, -0.05) is 13.8 Å². The lowest BCUT2D eigenvalue weighted by molar-refractivity contribution is 0.0993. The van der Waals surface area contributed by atoms with Crippen molar-refractivity contribution >= 4 is 5.78 Å². The highest BCUT2D eigenvalue weighted by atomic mass is 16.5. The van der Waals surface area contributed by atoms with Gasteiger partial charge in [0.25, 0.3) is 0 Å². The third-order valence-corrected chi connectivity index (χ3v) is 3.20. The van der Waals surface area contributed by atoms with Crippen LogP contribution in [0.5, 0.6) is 5.75 Å². The number of aliphatic hydroxyl groups is 1. The van der Waals surface area contributed by atoms with Gasteiger partial charge in [0.15, 0.2) is 5.78 Å². The van der Waals surface area contributed by atoms with E-state index < -0.39 is 6.10 Å². The van der Waals surface area contributed by atoms with E-state index in [2.05, 4.69) is 5.32 Å². The van der Waals surface area contributed by atoms with E-state index in [1.807, 2.05) is 26.0 Å². The molecule has 1 aromatic rings. The highest BCUT2D eigenvalue weighted by Crippen LogP contribution is 2.26. The van der Waals surface area contributed by atoms with Crippen LogP contribution < -0.4 is 10.1 Å². The molecule has 4 heteroatoms. The topological polar surface area (TPSA) is 58.6 Å². The average molecular weight is 263 g/mol. The Kier molecular flexibility index (Phi) is 4.56. The zero-order valence-electron chi connectivity index (χ0n) is 11.5. The third-order valence-electron chi connectivity index (χ3n) is 3.20. The van der Waals surface area contributed by atoms with Crippen LogP contribution in [-0.4, -0.2) is 36.2 Å². The summed E-state index contributed by atoms with van der Waals surface area (Å²) in [5.74, 6) is 0.930. The van der Waals surface area contributed by atoms with E-state index in [0.717, 1.165) is 23.3 Å². The number of carbonyl (C=O) groups is 1. The lowest BCUT2D eigenvalue weighted by atomic mass is 10.1. The van der Waals surface area contributed by atoms with E-state index >= 15 is 0 Å². The predicted molar refractivity (Wildman–Crippen MR) is 73.7 cm³/mol. The molecule has 0 saturated carbocycles. The van der Waals surface area contributed by atoms with E-state index in [-0.39, 0.29) is 12.4 Å². The molecule has 0 saturated heterocycles. The fraction of sp³-hybridized carbons (Fsp3) is 0.533. The molecule has 2 rings (SSSR count). The molecule has 0 bridgehead atoms. The van der Waals surface area contributed by atoms with Crippen LogP contribution in [0.2, 0.25) is 0 Å². The smallest absolute Gasteiger partial charge is 0.163 e. The van der Waals surface area contributed by atoms with Gasteiger partial charge in [0.05, 0.1) is 0 Å². The second-order valence-corrected chi connectivity index (χ2v) is 5.27. The molecule has 0 amide bonds. The minimum Gasteiger partial charge on any atom is -0.491 e. The molecule has 0 aromatic heterocycles. The lowest BCUT2D eigenvalue weighted by Crippen LogP contribution is -2.35. The van der Waals surface area contributed by atoms with Gasteiger partial charge >= 0.3 is 0 Å². The molecule has 1 aromatic carbocycles. The number of ketones is 1. The molecule has 4 nitrogen and oxygen atoms in total. The van der Waals surface area contributed by atoms with E-state index in [0.29, 0.717) is 19.0 Å². The van der Waals surface area contributed by atoms with Gasteiger partial charge in [0, 0.05) is 24.6 Å². The van der Waals surface area contributed by atoms with Crippen LogP contribution in [0, 0.1) is 0 Å². The minimum absolute atomic E-state index is 0.211. The second-order valence-electron chi connectivity index (χ2n) is 5.27. The van der Waals surface area contributed by atoms with Crippen molar-refractivity contribution in [1.82, 2.24) is 5.32 Å². The van der Waals surface area contributed by atoms with Gasteiger partial charge in [-0.25, -0.2) is 0 Å². The maximum absolute atomic E-state index is 11.5. The van der Waals surface area contributed by atoms with Gasteiger partial charge < -0.3 is 15.2 Å². The van der Waals surface area contributed by atoms with Crippen molar-refractivity contribution in [2.45, 2.75) is 38.8 Å². The number of nitrogens with one attached hydrogen (secondary N) is 1. The van der Waals surface area contributed by atoms with Crippen LogP contribution in [-0.2, 0) is 6.42 Å². The molecule has 1 unspecified atom stereocenters. The van der Waals surface area contributed by atoms with Gasteiger partial charge in [-0.3, -0.25) is 4.79 Å². The standard InChI is InChI=1S/C15H21NO3/c1-10(2)16-8-12(17)9-19-13-4-5-14-11(7-13)3-6-15(14)18/h4-5,7,10,12,16-17H,3,6,8-9H2,1-2H3. The summed E-state index contributed by atoms with van der Waals surface area (Å²) in [5, 5.41) is 12.9. The number of fused-ring (bicyclic) bond motifs is 1. The Bertz CT molecular complexity index is 457. The molecular formula is C15H21NO3. The van der Waals surface area contributed by atoms with Crippen molar-refractivity contribution < 1.29 is 14.6 Å². The summed E-state index contributed by atoms with van der Waals surface area (Å²) < 4.78 is 5.56. The van der Waals surface area contributed by atoms with Crippen LogP contribution in [0.25, 0.3) is 0 Å². The van der Waals surface area contributed by atoms with Crippen molar-refractivity contribution in [2.75, 3.05) is 13.2 Å². The van der Waals surface area contributed by atoms with Gasteiger partial charge in [-0.2, -0.15) is 0 Å².